The van der Waals surface area contributed by atoms with Crippen LogP contribution in [0.3, 0.4) is 0 Å². The van der Waals surface area contributed by atoms with Crippen LogP contribution < -0.4 is 15.4 Å². The van der Waals surface area contributed by atoms with E-state index < -0.39 is 0 Å². The maximum absolute atomic E-state index is 13.3. The van der Waals surface area contributed by atoms with Crippen molar-refractivity contribution in [3.8, 4) is 5.75 Å². The minimum atomic E-state index is -0.262. The molecule has 1 fully saturated rings. The lowest BCUT2D eigenvalue weighted by molar-refractivity contribution is 0.0374. The van der Waals surface area contributed by atoms with Crippen molar-refractivity contribution in [3.63, 3.8) is 0 Å². The Balaban J connectivity index is 1.54. The summed E-state index contributed by atoms with van der Waals surface area (Å²) in [5.74, 6) is 0.343. The first kappa shape index (κ1) is 26.0. The van der Waals surface area contributed by atoms with Gasteiger partial charge in [0, 0.05) is 36.0 Å². The van der Waals surface area contributed by atoms with Crippen LogP contribution in [-0.4, -0.2) is 62.3 Å². The van der Waals surface area contributed by atoms with E-state index in [1.165, 1.54) is 0 Å². The topological polar surface area (TPSA) is 75.7 Å². The SMILES string of the molecule is COc1ccc(CNc2c(C(=O)NCCCN3CCOCC3)c(Cl)nc3ccc(Br)cc23)cc1Cl. The van der Waals surface area contributed by atoms with E-state index in [0.29, 0.717) is 40.6 Å². The number of methoxy groups -OCH3 is 1. The molecule has 0 radical (unpaired) electrons. The Kier molecular flexibility index (Phi) is 9.08. The Hall–Kier alpha value is -2.10. The first-order chi connectivity index (χ1) is 17.0. The smallest absolute Gasteiger partial charge is 0.256 e. The zero-order valence-electron chi connectivity index (χ0n) is 19.4. The van der Waals surface area contributed by atoms with Crippen LogP contribution in [0.2, 0.25) is 10.2 Å². The number of morpholine rings is 1. The third-order valence-electron chi connectivity index (χ3n) is 5.86. The Morgan fingerprint density at radius 2 is 2.00 bits per heavy atom. The summed E-state index contributed by atoms with van der Waals surface area (Å²) in [7, 11) is 1.58. The summed E-state index contributed by atoms with van der Waals surface area (Å²) in [5.41, 5.74) is 2.57. The fourth-order valence-electron chi connectivity index (χ4n) is 4.02. The third-order valence-corrected chi connectivity index (χ3v) is 6.92. The lowest BCUT2D eigenvalue weighted by Crippen LogP contribution is -2.38. The number of nitrogens with one attached hydrogen (secondary N) is 2. The van der Waals surface area contributed by atoms with Crippen molar-refractivity contribution in [1.82, 2.24) is 15.2 Å². The Morgan fingerprint density at radius 3 is 2.74 bits per heavy atom. The highest BCUT2D eigenvalue weighted by atomic mass is 79.9. The molecule has 1 aliphatic heterocycles. The van der Waals surface area contributed by atoms with Gasteiger partial charge in [-0.05, 0) is 48.9 Å². The number of carbonyl (C=O) groups is 1. The molecule has 1 saturated heterocycles. The van der Waals surface area contributed by atoms with E-state index in [-0.39, 0.29) is 11.1 Å². The quantitative estimate of drug-likeness (QED) is 0.261. The monoisotopic (exact) mass is 580 g/mol. The minimum absolute atomic E-state index is 0.153. The van der Waals surface area contributed by atoms with Crippen molar-refractivity contribution >= 4 is 61.6 Å². The first-order valence-corrected chi connectivity index (χ1v) is 12.9. The van der Waals surface area contributed by atoms with Gasteiger partial charge in [-0.15, -0.1) is 0 Å². The number of hydrogen-bond acceptors (Lipinski definition) is 6. The standard InChI is InChI=1S/C25H27BrCl2N4O3/c1-34-21-6-3-16(13-19(21)27)15-30-23-18-14-17(26)4-5-20(18)31-24(28)22(23)25(33)29-7-2-8-32-9-11-35-12-10-32/h3-6,13-14H,2,7-12,15H2,1H3,(H,29,33)(H,30,31). The predicted octanol–water partition coefficient (Wildman–Crippen LogP) is 5.38. The van der Waals surface area contributed by atoms with Crippen LogP contribution in [-0.2, 0) is 11.3 Å². The van der Waals surface area contributed by atoms with Crippen LogP contribution in [0.1, 0.15) is 22.3 Å². The highest BCUT2D eigenvalue weighted by Crippen LogP contribution is 2.34. The Morgan fingerprint density at radius 1 is 1.20 bits per heavy atom. The molecule has 1 amide bonds. The van der Waals surface area contributed by atoms with Gasteiger partial charge in [0.1, 0.15) is 16.5 Å². The van der Waals surface area contributed by atoms with E-state index in [1.54, 1.807) is 7.11 Å². The molecule has 10 heteroatoms. The lowest BCUT2D eigenvalue weighted by atomic mass is 10.1. The fourth-order valence-corrected chi connectivity index (χ4v) is 4.94. The van der Waals surface area contributed by atoms with Gasteiger partial charge < -0.3 is 20.1 Å². The third kappa shape index (κ3) is 6.57. The molecule has 0 bridgehead atoms. The summed E-state index contributed by atoms with van der Waals surface area (Å²) in [6.07, 6.45) is 0.836. The molecule has 2 N–H and O–H groups in total. The molecule has 0 atom stereocenters. The Labute approximate surface area is 223 Å². The van der Waals surface area contributed by atoms with Gasteiger partial charge in [0.2, 0.25) is 0 Å². The van der Waals surface area contributed by atoms with Gasteiger partial charge in [0.15, 0.2) is 0 Å². The number of rotatable bonds is 9. The molecular formula is C25H27BrCl2N4O3. The van der Waals surface area contributed by atoms with E-state index in [4.69, 9.17) is 32.7 Å². The van der Waals surface area contributed by atoms with Crippen LogP contribution in [0.25, 0.3) is 10.9 Å². The van der Waals surface area contributed by atoms with Crippen molar-refractivity contribution in [3.05, 3.63) is 62.2 Å². The van der Waals surface area contributed by atoms with E-state index in [2.05, 4.69) is 36.4 Å². The molecule has 1 aromatic heterocycles. The number of pyridine rings is 1. The van der Waals surface area contributed by atoms with Crippen LogP contribution >= 0.6 is 39.1 Å². The zero-order chi connectivity index (χ0) is 24.8. The number of aromatic nitrogens is 1. The number of anilines is 1. The Bertz CT molecular complexity index is 1210. The van der Waals surface area contributed by atoms with E-state index in [1.807, 2.05) is 36.4 Å². The second-order valence-electron chi connectivity index (χ2n) is 8.20. The molecule has 2 heterocycles. The summed E-state index contributed by atoms with van der Waals surface area (Å²) in [6.45, 7) is 5.24. The zero-order valence-corrected chi connectivity index (χ0v) is 22.5. The van der Waals surface area contributed by atoms with Gasteiger partial charge in [0.25, 0.3) is 5.91 Å². The number of carbonyl (C=O) groups excluding carboxylic acids is 1. The largest absolute Gasteiger partial charge is 0.495 e. The van der Waals surface area contributed by atoms with Gasteiger partial charge in [-0.1, -0.05) is 45.2 Å². The number of fused-ring (bicyclic) bond motifs is 1. The molecule has 35 heavy (non-hydrogen) atoms. The van der Waals surface area contributed by atoms with Crippen molar-refractivity contribution in [2.45, 2.75) is 13.0 Å². The maximum atomic E-state index is 13.3. The molecule has 3 aromatic rings. The average molecular weight is 582 g/mol. The van der Waals surface area contributed by atoms with Crippen molar-refractivity contribution in [1.29, 1.82) is 0 Å². The van der Waals surface area contributed by atoms with Crippen LogP contribution in [0.4, 0.5) is 5.69 Å². The van der Waals surface area contributed by atoms with E-state index >= 15 is 0 Å². The van der Waals surface area contributed by atoms with Crippen LogP contribution in [0.15, 0.2) is 40.9 Å². The number of halogens is 3. The number of amides is 1. The van der Waals surface area contributed by atoms with Gasteiger partial charge >= 0.3 is 0 Å². The number of ether oxygens (including phenoxy) is 2. The fraction of sp³-hybridized carbons (Fsp3) is 0.360. The normalized spacial score (nSPS) is 14.2. The summed E-state index contributed by atoms with van der Waals surface area (Å²) in [4.78, 5) is 20.1. The van der Waals surface area contributed by atoms with Crippen LogP contribution in [0, 0.1) is 0 Å². The predicted molar refractivity (Wildman–Crippen MR) is 144 cm³/mol. The maximum Gasteiger partial charge on any atom is 0.256 e. The van der Waals surface area contributed by atoms with Crippen molar-refractivity contribution in [2.24, 2.45) is 0 Å². The molecule has 186 valence electrons. The lowest BCUT2D eigenvalue weighted by Gasteiger charge is -2.26. The molecule has 1 aliphatic rings. The highest BCUT2D eigenvalue weighted by Gasteiger charge is 2.21. The number of benzene rings is 2. The molecule has 4 rings (SSSR count). The molecule has 0 spiro atoms. The summed E-state index contributed by atoms with van der Waals surface area (Å²) < 4.78 is 11.5. The second kappa shape index (κ2) is 12.2. The molecular weight excluding hydrogens is 555 g/mol. The van der Waals surface area contributed by atoms with E-state index in [0.717, 1.165) is 54.7 Å². The summed E-state index contributed by atoms with van der Waals surface area (Å²) >= 11 is 16.4. The van der Waals surface area contributed by atoms with Gasteiger partial charge in [-0.2, -0.15) is 0 Å². The average Bonchev–Trinajstić information content (AvgIpc) is 2.86. The highest BCUT2D eigenvalue weighted by molar-refractivity contribution is 9.10. The second-order valence-corrected chi connectivity index (χ2v) is 9.88. The number of hydrogen-bond donors (Lipinski definition) is 2. The molecule has 0 saturated carbocycles. The van der Waals surface area contributed by atoms with Gasteiger partial charge in [-0.25, -0.2) is 4.98 Å². The van der Waals surface area contributed by atoms with Crippen LogP contribution in [0.5, 0.6) is 5.75 Å². The van der Waals surface area contributed by atoms with Gasteiger partial charge in [0.05, 0.1) is 36.6 Å². The van der Waals surface area contributed by atoms with Crippen molar-refractivity contribution < 1.29 is 14.3 Å². The van der Waals surface area contributed by atoms with Crippen molar-refractivity contribution in [2.75, 3.05) is 51.8 Å². The molecule has 7 nitrogen and oxygen atoms in total. The van der Waals surface area contributed by atoms with E-state index in [9.17, 15) is 4.79 Å². The summed E-state index contributed by atoms with van der Waals surface area (Å²) in [6, 6.07) is 11.3. The number of nitrogens with zero attached hydrogens (tertiary/aromatic N) is 2. The first-order valence-electron chi connectivity index (χ1n) is 11.4. The minimum Gasteiger partial charge on any atom is -0.495 e. The molecule has 0 aliphatic carbocycles. The molecule has 0 unspecified atom stereocenters. The molecule has 2 aromatic carbocycles. The summed E-state index contributed by atoms with van der Waals surface area (Å²) in [5, 5.41) is 7.88. The van der Waals surface area contributed by atoms with Gasteiger partial charge in [-0.3, -0.25) is 9.69 Å².